The van der Waals surface area contributed by atoms with Gasteiger partial charge in [0.2, 0.25) is 0 Å². The zero-order valence-electron chi connectivity index (χ0n) is 11.8. The Labute approximate surface area is 124 Å². The van der Waals surface area contributed by atoms with Crippen LogP contribution < -0.4 is 4.90 Å². The molecule has 0 aromatic heterocycles. The molecule has 0 atom stereocenters. The predicted octanol–water partition coefficient (Wildman–Crippen LogP) is 4.83. The van der Waals surface area contributed by atoms with Crippen LogP contribution in [0, 0.1) is 13.8 Å². The molecule has 0 aliphatic carbocycles. The number of alkyl halides is 1. The van der Waals surface area contributed by atoms with E-state index >= 15 is 0 Å². The van der Waals surface area contributed by atoms with Crippen molar-refractivity contribution < 1.29 is 0 Å². The summed E-state index contributed by atoms with van der Waals surface area (Å²) in [5.41, 5.74) is 6.68. The highest BCUT2D eigenvalue weighted by molar-refractivity contribution is 9.08. The first-order valence-electron chi connectivity index (χ1n) is 6.53. The average molecular weight is 318 g/mol. The second-order valence-corrected chi connectivity index (χ2v) is 5.60. The van der Waals surface area contributed by atoms with Gasteiger partial charge in [0.1, 0.15) is 0 Å². The van der Waals surface area contributed by atoms with Gasteiger partial charge in [-0.25, -0.2) is 0 Å². The van der Waals surface area contributed by atoms with Crippen LogP contribution >= 0.6 is 15.9 Å². The van der Waals surface area contributed by atoms with Crippen LogP contribution in [0.15, 0.2) is 42.5 Å². The lowest BCUT2D eigenvalue weighted by Crippen LogP contribution is -2.18. The summed E-state index contributed by atoms with van der Waals surface area (Å²) in [5, 5.41) is 0.912. The summed E-state index contributed by atoms with van der Waals surface area (Å²) in [4.78, 5) is 2.32. The molecule has 0 bridgehead atoms. The van der Waals surface area contributed by atoms with E-state index in [2.05, 4.69) is 84.2 Å². The molecule has 100 valence electrons. The molecule has 0 unspecified atom stereocenters. The summed E-state index contributed by atoms with van der Waals surface area (Å²) in [7, 11) is 2.16. The van der Waals surface area contributed by atoms with Crippen LogP contribution in [-0.4, -0.2) is 7.05 Å². The number of rotatable bonds is 4. The molecule has 0 saturated heterocycles. The Balaban J connectivity index is 2.21. The quantitative estimate of drug-likeness (QED) is 0.730. The molecule has 0 N–H and O–H groups in total. The molecule has 0 aliphatic heterocycles. The van der Waals surface area contributed by atoms with Gasteiger partial charge in [0.25, 0.3) is 0 Å². The highest BCUT2D eigenvalue weighted by Gasteiger charge is 2.07. The lowest BCUT2D eigenvalue weighted by Gasteiger charge is -2.23. The number of halogens is 1. The normalized spacial score (nSPS) is 10.5. The van der Waals surface area contributed by atoms with E-state index in [-0.39, 0.29) is 0 Å². The third kappa shape index (κ3) is 3.38. The molecule has 0 aliphatic rings. The Hall–Kier alpha value is -1.28. The second kappa shape index (κ2) is 6.25. The molecule has 0 spiro atoms. The number of nitrogens with zero attached hydrogens (tertiary/aromatic N) is 1. The Morgan fingerprint density at radius 1 is 1.00 bits per heavy atom. The van der Waals surface area contributed by atoms with Crippen molar-refractivity contribution in [2.24, 2.45) is 0 Å². The van der Waals surface area contributed by atoms with E-state index in [9.17, 15) is 0 Å². The third-order valence-corrected chi connectivity index (χ3v) is 4.14. The standard InChI is InChI=1S/C17H20BrN/c1-13-6-4-5-7-16(13)12-19(3)17-9-8-15(11-18)10-14(17)2/h4-10H,11-12H2,1-3H3. The Bertz CT molecular complexity index is 563. The van der Waals surface area contributed by atoms with Crippen LogP contribution in [0.3, 0.4) is 0 Å². The first-order valence-corrected chi connectivity index (χ1v) is 7.65. The minimum Gasteiger partial charge on any atom is -0.370 e. The van der Waals surface area contributed by atoms with Crippen molar-refractivity contribution in [3.05, 3.63) is 64.7 Å². The van der Waals surface area contributed by atoms with Crippen LogP contribution in [0.2, 0.25) is 0 Å². The zero-order valence-corrected chi connectivity index (χ0v) is 13.4. The number of benzene rings is 2. The molecule has 0 saturated carbocycles. The SMILES string of the molecule is Cc1ccccc1CN(C)c1ccc(CBr)cc1C. The largest absolute Gasteiger partial charge is 0.370 e. The average Bonchev–Trinajstić information content (AvgIpc) is 2.41. The maximum atomic E-state index is 3.50. The van der Waals surface area contributed by atoms with Gasteiger partial charge in [-0.1, -0.05) is 52.3 Å². The molecule has 0 heterocycles. The fourth-order valence-corrected chi connectivity index (χ4v) is 2.71. The molecule has 1 nitrogen and oxygen atoms in total. The van der Waals surface area contributed by atoms with Crippen molar-refractivity contribution in [2.75, 3.05) is 11.9 Å². The number of hydrogen-bond donors (Lipinski definition) is 0. The van der Waals surface area contributed by atoms with E-state index in [1.807, 2.05) is 0 Å². The van der Waals surface area contributed by atoms with Crippen LogP contribution in [0.1, 0.15) is 22.3 Å². The number of hydrogen-bond acceptors (Lipinski definition) is 1. The molecule has 2 heteroatoms. The lowest BCUT2D eigenvalue weighted by molar-refractivity contribution is 0.908. The van der Waals surface area contributed by atoms with Gasteiger partial charge in [-0.15, -0.1) is 0 Å². The highest BCUT2D eigenvalue weighted by atomic mass is 79.9. The Kier molecular flexibility index (Phi) is 4.65. The molecule has 2 aromatic rings. The molecule has 2 aromatic carbocycles. The van der Waals surface area contributed by atoms with Gasteiger partial charge in [0.15, 0.2) is 0 Å². The van der Waals surface area contributed by atoms with Crippen molar-refractivity contribution in [1.29, 1.82) is 0 Å². The highest BCUT2D eigenvalue weighted by Crippen LogP contribution is 2.23. The smallest absolute Gasteiger partial charge is 0.0428 e. The summed E-state index contributed by atoms with van der Waals surface area (Å²) in [6.45, 7) is 5.29. The van der Waals surface area contributed by atoms with Crippen molar-refractivity contribution in [1.82, 2.24) is 0 Å². The van der Waals surface area contributed by atoms with Gasteiger partial charge in [-0.05, 0) is 42.2 Å². The van der Waals surface area contributed by atoms with E-state index in [0.29, 0.717) is 0 Å². The van der Waals surface area contributed by atoms with Crippen LogP contribution in [0.4, 0.5) is 5.69 Å². The van der Waals surface area contributed by atoms with Gasteiger partial charge in [0.05, 0.1) is 0 Å². The minimum absolute atomic E-state index is 0.912. The van der Waals surface area contributed by atoms with E-state index in [4.69, 9.17) is 0 Å². The fraction of sp³-hybridized carbons (Fsp3) is 0.294. The summed E-state index contributed by atoms with van der Waals surface area (Å²) < 4.78 is 0. The molecule has 2 rings (SSSR count). The summed E-state index contributed by atoms with van der Waals surface area (Å²) in [6.07, 6.45) is 0. The first-order chi connectivity index (χ1) is 9.11. The molecule has 0 fully saturated rings. The van der Waals surface area contributed by atoms with Crippen molar-refractivity contribution >= 4 is 21.6 Å². The van der Waals surface area contributed by atoms with E-state index in [1.165, 1.54) is 27.9 Å². The molecule has 19 heavy (non-hydrogen) atoms. The third-order valence-electron chi connectivity index (χ3n) is 3.50. The maximum absolute atomic E-state index is 3.50. The van der Waals surface area contributed by atoms with Gasteiger partial charge in [-0.3, -0.25) is 0 Å². The summed E-state index contributed by atoms with van der Waals surface area (Å²) in [6, 6.07) is 15.2. The number of anilines is 1. The summed E-state index contributed by atoms with van der Waals surface area (Å²) >= 11 is 3.50. The molecule has 0 radical (unpaired) electrons. The van der Waals surface area contributed by atoms with E-state index < -0.39 is 0 Å². The van der Waals surface area contributed by atoms with Gasteiger partial charge in [-0.2, -0.15) is 0 Å². The molecule has 0 amide bonds. The van der Waals surface area contributed by atoms with Crippen molar-refractivity contribution in [3.63, 3.8) is 0 Å². The topological polar surface area (TPSA) is 3.24 Å². The number of aryl methyl sites for hydroxylation is 2. The fourth-order valence-electron chi connectivity index (χ4n) is 2.36. The first kappa shape index (κ1) is 14.1. The van der Waals surface area contributed by atoms with Gasteiger partial charge >= 0.3 is 0 Å². The second-order valence-electron chi connectivity index (χ2n) is 5.04. The lowest BCUT2D eigenvalue weighted by atomic mass is 10.1. The minimum atomic E-state index is 0.912. The van der Waals surface area contributed by atoms with Crippen LogP contribution in [0.25, 0.3) is 0 Å². The van der Waals surface area contributed by atoms with E-state index in [0.717, 1.165) is 11.9 Å². The van der Waals surface area contributed by atoms with Crippen molar-refractivity contribution in [2.45, 2.75) is 25.7 Å². The Morgan fingerprint density at radius 2 is 1.74 bits per heavy atom. The summed E-state index contributed by atoms with van der Waals surface area (Å²) in [5.74, 6) is 0. The van der Waals surface area contributed by atoms with E-state index in [1.54, 1.807) is 0 Å². The van der Waals surface area contributed by atoms with Gasteiger partial charge < -0.3 is 4.90 Å². The maximum Gasteiger partial charge on any atom is 0.0428 e. The predicted molar refractivity (Wildman–Crippen MR) is 87.1 cm³/mol. The van der Waals surface area contributed by atoms with Crippen molar-refractivity contribution in [3.8, 4) is 0 Å². The monoisotopic (exact) mass is 317 g/mol. The Morgan fingerprint density at radius 3 is 2.37 bits per heavy atom. The zero-order chi connectivity index (χ0) is 13.8. The molecular formula is C17H20BrN. The van der Waals surface area contributed by atoms with Crippen LogP contribution in [0.5, 0.6) is 0 Å². The molecular weight excluding hydrogens is 298 g/mol. The van der Waals surface area contributed by atoms with Crippen LogP contribution in [-0.2, 0) is 11.9 Å². The van der Waals surface area contributed by atoms with Gasteiger partial charge in [0, 0.05) is 24.6 Å².